The third kappa shape index (κ3) is 3.28. The Morgan fingerprint density at radius 2 is 2.23 bits per heavy atom. The molecule has 1 atom stereocenters. The molecular weight excluding hydrogens is 306 g/mol. The summed E-state index contributed by atoms with van der Waals surface area (Å²) in [5.41, 5.74) is 0.767. The van der Waals surface area contributed by atoms with Crippen molar-refractivity contribution in [2.24, 2.45) is 0 Å². The van der Waals surface area contributed by atoms with Gasteiger partial charge < -0.3 is 14.5 Å². The Hall–Kier alpha value is -2.35. The lowest BCUT2D eigenvalue weighted by Gasteiger charge is -2.23. The van der Waals surface area contributed by atoms with E-state index >= 15 is 0 Å². The molecule has 0 bridgehead atoms. The van der Waals surface area contributed by atoms with E-state index in [4.69, 9.17) is 9.15 Å². The monoisotopic (exact) mass is 319 g/mol. The molecule has 1 aliphatic rings. The van der Waals surface area contributed by atoms with Crippen molar-refractivity contribution in [1.29, 1.82) is 0 Å². The van der Waals surface area contributed by atoms with Crippen molar-refractivity contribution >= 4 is 29.3 Å². The van der Waals surface area contributed by atoms with Crippen molar-refractivity contribution in [2.75, 3.05) is 5.32 Å². The van der Waals surface area contributed by atoms with E-state index in [0.29, 0.717) is 5.89 Å². The number of benzene rings is 1. The smallest absolute Gasteiger partial charge is 0.307 e. The molecule has 0 saturated carbocycles. The molecule has 0 fully saturated rings. The van der Waals surface area contributed by atoms with E-state index < -0.39 is 11.2 Å². The van der Waals surface area contributed by atoms with Crippen LogP contribution in [0.2, 0.25) is 0 Å². The minimum absolute atomic E-state index is 0.0159. The first kappa shape index (κ1) is 14.6. The lowest BCUT2D eigenvalue weighted by Crippen LogP contribution is -2.31. The molecule has 0 saturated heterocycles. The Balaban J connectivity index is 1.56. The average molecular weight is 319 g/mol. The van der Waals surface area contributed by atoms with Crippen LogP contribution in [0.4, 0.5) is 5.69 Å². The average Bonchev–Trinajstić information content (AvgIpc) is 2.91. The van der Waals surface area contributed by atoms with Crippen LogP contribution in [-0.4, -0.2) is 27.3 Å². The highest BCUT2D eigenvalue weighted by molar-refractivity contribution is 8.01. The zero-order valence-corrected chi connectivity index (χ0v) is 12.6. The first-order chi connectivity index (χ1) is 10.6. The van der Waals surface area contributed by atoms with E-state index in [1.807, 2.05) is 24.3 Å². The SMILES string of the molecule is Cc1nnc(COC(=O)C[C@@H]2Sc3ccccc3NC2=O)o1. The fraction of sp³-hybridized carbons (Fsp3) is 0.286. The molecule has 1 amide bonds. The normalized spacial score (nSPS) is 16.8. The summed E-state index contributed by atoms with van der Waals surface area (Å²) in [4.78, 5) is 24.8. The maximum absolute atomic E-state index is 12.0. The molecule has 0 spiro atoms. The second-order valence-electron chi connectivity index (χ2n) is 4.67. The van der Waals surface area contributed by atoms with Gasteiger partial charge in [-0.15, -0.1) is 22.0 Å². The molecule has 1 aromatic heterocycles. The number of esters is 1. The van der Waals surface area contributed by atoms with E-state index in [1.165, 1.54) is 11.8 Å². The first-order valence-corrected chi connectivity index (χ1v) is 7.51. The summed E-state index contributed by atoms with van der Waals surface area (Å²) in [6, 6.07) is 7.46. The van der Waals surface area contributed by atoms with Crippen LogP contribution in [0, 0.1) is 6.92 Å². The summed E-state index contributed by atoms with van der Waals surface area (Å²) in [5.74, 6) is -0.0426. The second-order valence-corrected chi connectivity index (χ2v) is 5.92. The molecule has 0 radical (unpaired) electrons. The summed E-state index contributed by atoms with van der Waals surface area (Å²) in [6.07, 6.45) is -0.0159. The van der Waals surface area contributed by atoms with E-state index in [9.17, 15) is 9.59 Å². The zero-order valence-electron chi connectivity index (χ0n) is 11.7. The zero-order chi connectivity index (χ0) is 15.5. The van der Waals surface area contributed by atoms with Crippen LogP contribution in [0.5, 0.6) is 0 Å². The number of rotatable bonds is 4. The van der Waals surface area contributed by atoms with Gasteiger partial charge in [-0.1, -0.05) is 12.1 Å². The van der Waals surface area contributed by atoms with Gasteiger partial charge in [0.15, 0.2) is 6.61 Å². The lowest BCUT2D eigenvalue weighted by atomic mass is 10.2. The maximum atomic E-state index is 12.0. The first-order valence-electron chi connectivity index (χ1n) is 6.63. The van der Waals surface area contributed by atoms with Crippen LogP contribution in [0.1, 0.15) is 18.2 Å². The molecule has 0 aliphatic carbocycles. The molecule has 2 aromatic rings. The summed E-state index contributed by atoms with van der Waals surface area (Å²) in [6.45, 7) is 1.56. The van der Waals surface area contributed by atoms with Gasteiger partial charge in [-0.3, -0.25) is 9.59 Å². The molecule has 1 aliphatic heterocycles. The maximum Gasteiger partial charge on any atom is 0.307 e. The predicted octanol–water partition coefficient (Wildman–Crippen LogP) is 1.92. The summed E-state index contributed by atoms with van der Waals surface area (Å²) in [5, 5.41) is 9.65. The van der Waals surface area contributed by atoms with Gasteiger partial charge in [-0.25, -0.2) is 0 Å². The van der Waals surface area contributed by atoms with E-state index in [-0.39, 0.29) is 24.8 Å². The summed E-state index contributed by atoms with van der Waals surface area (Å²) in [7, 11) is 0. The molecule has 1 aromatic carbocycles. The highest BCUT2D eigenvalue weighted by Crippen LogP contribution is 2.36. The Morgan fingerprint density at radius 3 is 3.00 bits per heavy atom. The highest BCUT2D eigenvalue weighted by atomic mass is 32.2. The van der Waals surface area contributed by atoms with Crippen molar-refractivity contribution in [3.63, 3.8) is 0 Å². The van der Waals surface area contributed by atoms with Crippen molar-refractivity contribution in [3.05, 3.63) is 36.0 Å². The number of hydrogen-bond acceptors (Lipinski definition) is 7. The molecule has 22 heavy (non-hydrogen) atoms. The van der Waals surface area contributed by atoms with Crippen molar-refractivity contribution in [1.82, 2.24) is 10.2 Å². The number of anilines is 1. The van der Waals surface area contributed by atoms with E-state index in [1.54, 1.807) is 6.92 Å². The Labute approximate surface area is 130 Å². The van der Waals surface area contributed by atoms with Crippen LogP contribution in [0.3, 0.4) is 0 Å². The number of ether oxygens (including phenoxy) is 1. The molecule has 8 heteroatoms. The number of carbonyl (C=O) groups is 2. The third-order valence-electron chi connectivity index (χ3n) is 2.98. The summed E-state index contributed by atoms with van der Waals surface area (Å²) >= 11 is 1.35. The van der Waals surface area contributed by atoms with Crippen LogP contribution < -0.4 is 5.32 Å². The van der Waals surface area contributed by atoms with Crippen molar-refractivity contribution in [2.45, 2.75) is 30.1 Å². The quantitative estimate of drug-likeness (QED) is 0.860. The minimum atomic E-state index is -0.508. The fourth-order valence-corrected chi connectivity index (χ4v) is 3.07. The van der Waals surface area contributed by atoms with Crippen LogP contribution >= 0.6 is 11.8 Å². The molecule has 114 valence electrons. The van der Waals surface area contributed by atoms with Gasteiger partial charge in [0.2, 0.25) is 11.8 Å². The fourth-order valence-electron chi connectivity index (χ4n) is 1.98. The predicted molar refractivity (Wildman–Crippen MR) is 78.2 cm³/mol. The number of hydrogen-bond donors (Lipinski definition) is 1. The second kappa shape index (κ2) is 6.18. The van der Waals surface area contributed by atoms with Crippen LogP contribution in [0.15, 0.2) is 33.6 Å². The number of para-hydroxylation sites is 1. The molecular formula is C14H13N3O4S. The van der Waals surface area contributed by atoms with Gasteiger partial charge in [-0.2, -0.15) is 0 Å². The van der Waals surface area contributed by atoms with E-state index in [0.717, 1.165) is 10.6 Å². The lowest BCUT2D eigenvalue weighted by molar-refractivity contribution is -0.146. The number of aromatic nitrogens is 2. The molecule has 7 nitrogen and oxygen atoms in total. The van der Waals surface area contributed by atoms with Crippen molar-refractivity contribution in [3.8, 4) is 0 Å². The molecule has 0 unspecified atom stereocenters. The van der Waals surface area contributed by atoms with Gasteiger partial charge >= 0.3 is 5.97 Å². The third-order valence-corrected chi connectivity index (χ3v) is 4.26. The number of nitrogens with zero attached hydrogens (tertiary/aromatic N) is 2. The number of carbonyl (C=O) groups excluding carboxylic acids is 2. The van der Waals surface area contributed by atoms with Gasteiger partial charge in [0.25, 0.3) is 5.89 Å². The van der Waals surface area contributed by atoms with E-state index in [2.05, 4.69) is 15.5 Å². The number of aryl methyl sites for hydroxylation is 1. The Bertz CT molecular complexity index is 716. The van der Waals surface area contributed by atoms with Crippen LogP contribution in [0.25, 0.3) is 0 Å². The van der Waals surface area contributed by atoms with Gasteiger partial charge in [-0.05, 0) is 12.1 Å². The largest absolute Gasteiger partial charge is 0.456 e. The van der Waals surface area contributed by atoms with Gasteiger partial charge in [0, 0.05) is 11.8 Å². The standard InChI is InChI=1S/C14H13N3O4S/c1-8-16-17-12(21-8)7-20-13(18)6-11-14(19)15-9-4-2-3-5-10(9)22-11/h2-5,11H,6-7H2,1H3,(H,15,19)/t11-/m0/s1. The highest BCUT2D eigenvalue weighted by Gasteiger charge is 2.29. The topological polar surface area (TPSA) is 94.3 Å². The number of fused-ring (bicyclic) bond motifs is 1. The van der Waals surface area contributed by atoms with Gasteiger partial charge in [0.05, 0.1) is 17.4 Å². The number of nitrogens with one attached hydrogen (secondary N) is 1. The Kier molecular flexibility index (Phi) is 4.10. The minimum Gasteiger partial charge on any atom is -0.456 e. The molecule has 1 N–H and O–H groups in total. The number of thioether (sulfide) groups is 1. The molecule has 3 rings (SSSR count). The molecule has 2 heterocycles. The van der Waals surface area contributed by atoms with Crippen molar-refractivity contribution < 1.29 is 18.7 Å². The van der Waals surface area contributed by atoms with Crippen LogP contribution in [-0.2, 0) is 20.9 Å². The van der Waals surface area contributed by atoms with Gasteiger partial charge in [0.1, 0.15) is 0 Å². The number of amides is 1. The Morgan fingerprint density at radius 1 is 1.41 bits per heavy atom. The summed E-state index contributed by atoms with van der Waals surface area (Å²) < 4.78 is 10.2.